The number of amides is 1. The Bertz CT molecular complexity index is 884. The zero-order valence-electron chi connectivity index (χ0n) is 13.6. The number of halogens is 2. The predicted molar refractivity (Wildman–Crippen MR) is 105 cm³/mol. The number of nitrogens with one attached hydrogen (secondary N) is 1. The van der Waals surface area contributed by atoms with Gasteiger partial charge >= 0.3 is 6.01 Å². The molecule has 0 fully saturated rings. The van der Waals surface area contributed by atoms with E-state index in [-0.39, 0.29) is 11.9 Å². The normalized spacial score (nSPS) is 10.7. The summed E-state index contributed by atoms with van der Waals surface area (Å²) >= 11 is 13.5. The predicted octanol–water partition coefficient (Wildman–Crippen LogP) is 5.55. The Labute approximate surface area is 165 Å². The van der Waals surface area contributed by atoms with Gasteiger partial charge < -0.3 is 4.42 Å². The van der Waals surface area contributed by atoms with Crippen molar-refractivity contribution in [2.24, 2.45) is 0 Å². The smallest absolute Gasteiger partial charge is 0.322 e. The van der Waals surface area contributed by atoms with Crippen molar-refractivity contribution in [3.05, 3.63) is 58.6 Å². The van der Waals surface area contributed by atoms with Gasteiger partial charge in [0.2, 0.25) is 11.8 Å². The molecule has 1 amide bonds. The number of carbonyl (C=O) groups excluding carboxylic acids is 1. The number of anilines is 1. The molecule has 0 aliphatic carbocycles. The molecule has 0 spiro atoms. The molecular weight excluding hydrogens is 393 g/mol. The van der Waals surface area contributed by atoms with Gasteiger partial charge in [0.15, 0.2) is 0 Å². The second kappa shape index (κ2) is 9.07. The van der Waals surface area contributed by atoms with Gasteiger partial charge in [0.05, 0.1) is 0 Å². The summed E-state index contributed by atoms with van der Waals surface area (Å²) in [6, 6.07) is 14.8. The van der Waals surface area contributed by atoms with E-state index in [0.29, 0.717) is 27.9 Å². The van der Waals surface area contributed by atoms with Crippen LogP contribution >= 0.6 is 35.0 Å². The quantitative estimate of drug-likeness (QED) is 0.410. The van der Waals surface area contributed by atoms with Gasteiger partial charge in [0, 0.05) is 26.9 Å². The average molecular weight is 408 g/mol. The van der Waals surface area contributed by atoms with Gasteiger partial charge in [-0.1, -0.05) is 34.4 Å². The molecule has 1 N–H and O–H groups in total. The number of hydrogen-bond acceptors (Lipinski definition) is 5. The van der Waals surface area contributed by atoms with Crippen molar-refractivity contribution in [1.82, 2.24) is 10.2 Å². The zero-order chi connectivity index (χ0) is 18.4. The molecule has 26 heavy (non-hydrogen) atoms. The number of nitrogens with zero attached hydrogens (tertiary/aromatic N) is 2. The molecule has 2 aromatic carbocycles. The fourth-order valence-corrected chi connectivity index (χ4v) is 3.32. The highest BCUT2D eigenvalue weighted by Crippen LogP contribution is 2.23. The van der Waals surface area contributed by atoms with E-state index in [4.69, 9.17) is 27.6 Å². The van der Waals surface area contributed by atoms with Crippen LogP contribution in [0.15, 0.2) is 57.8 Å². The molecular formula is C18H15Cl2N3O2S. The summed E-state index contributed by atoms with van der Waals surface area (Å²) in [6.45, 7) is 0. The molecule has 0 saturated carbocycles. The summed E-state index contributed by atoms with van der Waals surface area (Å²) < 4.78 is 5.45. The maximum absolute atomic E-state index is 12.0. The van der Waals surface area contributed by atoms with Crippen LogP contribution in [0.4, 0.5) is 6.01 Å². The van der Waals surface area contributed by atoms with Gasteiger partial charge in [0.1, 0.15) is 0 Å². The van der Waals surface area contributed by atoms with Gasteiger partial charge in [-0.25, -0.2) is 0 Å². The Balaban J connectivity index is 1.44. The summed E-state index contributed by atoms with van der Waals surface area (Å²) in [4.78, 5) is 13.1. The number of benzene rings is 2. The zero-order valence-corrected chi connectivity index (χ0v) is 15.9. The largest absolute Gasteiger partial charge is 0.403 e. The van der Waals surface area contributed by atoms with Crippen LogP contribution in [0.3, 0.4) is 0 Å². The lowest BCUT2D eigenvalue weighted by Gasteiger charge is -2.02. The molecule has 0 saturated heterocycles. The fraction of sp³-hybridized carbons (Fsp3) is 0.167. The summed E-state index contributed by atoms with van der Waals surface area (Å²) in [5.41, 5.74) is 0.699. The molecule has 1 aromatic heterocycles. The van der Waals surface area contributed by atoms with Crippen molar-refractivity contribution in [2.45, 2.75) is 17.7 Å². The van der Waals surface area contributed by atoms with Crippen LogP contribution in [-0.2, 0) is 4.79 Å². The number of hydrogen-bond donors (Lipinski definition) is 1. The van der Waals surface area contributed by atoms with Crippen LogP contribution in [-0.4, -0.2) is 21.9 Å². The number of rotatable bonds is 7. The SMILES string of the molecule is O=C(CCCSc1ccc(Cl)cc1)Nc1nnc(-c2cccc(Cl)c2)o1. The summed E-state index contributed by atoms with van der Waals surface area (Å²) in [5, 5.41) is 11.7. The second-order valence-electron chi connectivity index (χ2n) is 5.38. The Hall–Kier alpha value is -2.02. The van der Waals surface area contributed by atoms with Crippen molar-refractivity contribution in [3.8, 4) is 11.5 Å². The third kappa shape index (κ3) is 5.49. The Kier molecular flexibility index (Phi) is 6.55. The van der Waals surface area contributed by atoms with E-state index in [9.17, 15) is 4.79 Å². The van der Waals surface area contributed by atoms with Gasteiger partial charge in [-0.3, -0.25) is 10.1 Å². The van der Waals surface area contributed by atoms with E-state index < -0.39 is 0 Å². The van der Waals surface area contributed by atoms with Gasteiger partial charge in [-0.15, -0.1) is 16.9 Å². The lowest BCUT2D eigenvalue weighted by Crippen LogP contribution is -2.11. The number of thioether (sulfide) groups is 1. The van der Waals surface area contributed by atoms with E-state index in [1.165, 1.54) is 0 Å². The van der Waals surface area contributed by atoms with Crippen LogP contribution in [0.25, 0.3) is 11.5 Å². The first kappa shape index (κ1) is 18.8. The molecule has 0 atom stereocenters. The van der Waals surface area contributed by atoms with E-state index >= 15 is 0 Å². The highest BCUT2D eigenvalue weighted by Gasteiger charge is 2.11. The van der Waals surface area contributed by atoms with Gasteiger partial charge in [0.25, 0.3) is 0 Å². The first-order valence-electron chi connectivity index (χ1n) is 7.88. The number of aromatic nitrogens is 2. The van der Waals surface area contributed by atoms with Crippen molar-refractivity contribution >= 4 is 46.9 Å². The highest BCUT2D eigenvalue weighted by atomic mass is 35.5. The molecule has 1 heterocycles. The first-order chi connectivity index (χ1) is 12.6. The monoisotopic (exact) mass is 407 g/mol. The average Bonchev–Trinajstić information content (AvgIpc) is 3.09. The van der Waals surface area contributed by atoms with Crippen LogP contribution in [0.2, 0.25) is 10.0 Å². The molecule has 0 aliphatic heterocycles. The van der Waals surface area contributed by atoms with E-state index in [1.807, 2.05) is 24.3 Å². The van der Waals surface area contributed by atoms with Gasteiger partial charge in [-0.2, -0.15) is 0 Å². The first-order valence-corrected chi connectivity index (χ1v) is 9.62. The molecule has 5 nitrogen and oxygen atoms in total. The molecule has 3 rings (SSSR count). The van der Waals surface area contributed by atoms with Crippen LogP contribution in [0, 0.1) is 0 Å². The Morgan fingerprint density at radius 3 is 2.65 bits per heavy atom. The van der Waals surface area contributed by atoms with Crippen LogP contribution in [0.5, 0.6) is 0 Å². The summed E-state index contributed by atoms with van der Waals surface area (Å²) in [5.74, 6) is 0.969. The molecule has 134 valence electrons. The molecule has 0 aliphatic rings. The van der Waals surface area contributed by atoms with E-state index in [1.54, 1.807) is 36.0 Å². The fourth-order valence-electron chi connectivity index (χ4n) is 2.15. The van der Waals surface area contributed by atoms with Crippen molar-refractivity contribution in [1.29, 1.82) is 0 Å². The maximum atomic E-state index is 12.0. The minimum Gasteiger partial charge on any atom is -0.403 e. The Morgan fingerprint density at radius 2 is 1.88 bits per heavy atom. The molecule has 0 unspecified atom stereocenters. The topological polar surface area (TPSA) is 68.0 Å². The maximum Gasteiger partial charge on any atom is 0.322 e. The molecule has 0 bridgehead atoms. The number of carbonyl (C=O) groups is 1. The third-order valence-electron chi connectivity index (χ3n) is 3.37. The lowest BCUT2D eigenvalue weighted by molar-refractivity contribution is -0.116. The Morgan fingerprint density at radius 1 is 1.08 bits per heavy atom. The van der Waals surface area contributed by atoms with E-state index in [0.717, 1.165) is 17.1 Å². The lowest BCUT2D eigenvalue weighted by atomic mass is 10.2. The van der Waals surface area contributed by atoms with Gasteiger partial charge in [-0.05, 0) is 54.6 Å². The standard InChI is InChI=1S/C18H15Cl2N3O2S/c19-13-6-8-15(9-7-13)26-10-2-5-16(24)21-18-23-22-17(25-18)12-3-1-4-14(20)11-12/h1,3-4,6-9,11H,2,5,10H2,(H,21,23,24). The van der Waals surface area contributed by atoms with E-state index in [2.05, 4.69) is 15.5 Å². The van der Waals surface area contributed by atoms with Crippen molar-refractivity contribution < 1.29 is 9.21 Å². The second-order valence-corrected chi connectivity index (χ2v) is 7.42. The molecule has 0 radical (unpaired) electrons. The van der Waals surface area contributed by atoms with Crippen LogP contribution < -0.4 is 5.32 Å². The molecule has 8 heteroatoms. The van der Waals surface area contributed by atoms with Crippen LogP contribution in [0.1, 0.15) is 12.8 Å². The van der Waals surface area contributed by atoms with Crippen molar-refractivity contribution in [3.63, 3.8) is 0 Å². The summed E-state index contributed by atoms with van der Waals surface area (Å²) in [6.07, 6.45) is 1.10. The highest BCUT2D eigenvalue weighted by molar-refractivity contribution is 7.99. The minimum absolute atomic E-state index is 0.0790. The van der Waals surface area contributed by atoms with Crippen molar-refractivity contribution in [2.75, 3.05) is 11.1 Å². The third-order valence-corrected chi connectivity index (χ3v) is 4.96. The summed E-state index contributed by atoms with van der Waals surface area (Å²) in [7, 11) is 0. The molecule has 3 aromatic rings. The minimum atomic E-state index is -0.164.